The molecule has 0 aromatic carbocycles. The zero-order chi connectivity index (χ0) is 15.0. The van der Waals surface area contributed by atoms with E-state index in [2.05, 4.69) is 52.3 Å². The Labute approximate surface area is 126 Å². The molecule has 3 rings (SSSR count). The van der Waals surface area contributed by atoms with E-state index in [4.69, 9.17) is 0 Å². The van der Waals surface area contributed by atoms with Crippen LogP contribution in [0.15, 0.2) is 6.20 Å². The lowest BCUT2D eigenvalue weighted by Crippen LogP contribution is -2.24. The van der Waals surface area contributed by atoms with Crippen molar-refractivity contribution in [3.63, 3.8) is 0 Å². The zero-order valence-electron chi connectivity index (χ0n) is 13.5. The van der Waals surface area contributed by atoms with Gasteiger partial charge in [-0.05, 0) is 47.1 Å². The molecular weight excluding hydrogens is 262 g/mol. The van der Waals surface area contributed by atoms with Gasteiger partial charge in [-0.15, -0.1) is 0 Å². The van der Waals surface area contributed by atoms with Crippen LogP contribution in [-0.4, -0.2) is 31.2 Å². The molecule has 0 spiro atoms. The van der Waals surface area contributed by atoms with Gasteiger partial charge in [0.2, 0.25) is 0 Å². The summed E-state index contributed by atoms with van der Waals surface area (Å²) in [5.41, 5.74) is 4.99. The van der Waals surface area contributed by atoms with Crippen LogP contribution in [0.3, 0.4) is 0 Å². The summed E-state index contributed by atoms with van der Waals surface area (Å²) < 4.78 is 2.10. The van der Waals surface area contributed by atoms with Gasteiger partial charge in [-0.25, -0.2) is 4.98 Å². The Bertz CT molecular complexity index is 625. The van der Waals surface area contributed by atoms with Crippen molar-refractivity contribution in [3.8, 4) is 0 Å². The fraction of sp³-hybridized carbons (Fsp3) is 0.625. The fourth-order valence-electron chi connectivity index (χ4n) is 3.40. The van der Waals surface area contributed by atoms with Crippen molar-refractivity contribution in [3.05, 3.63) is 34.7 Å². The molecule has 5 nitrogen and oxygen atoms in total. The van der Waals surface area contributed by atoms with E-state index in [0.717, 1.165) is 36.8 Å². The predicted molar refractivity (Wildman–Crippen MR) is 83.1 cm³/mol. The Kier molecular flexibility index (Phi) is 3.85. The minimum atomic E-state index is 0.419. The van der Waals surface area contributed by atoms with Crippen molar-refractivity contribution in [1.82, 2.24) is 24.6 Å². The maximum atomic E-state index is 4.64. The number of hydrogen-bond acceptors (Lipinski definition) is 3. The first kappa shape index (κ1) is 14.3. The van der Waals surface area contributed by atoms with Gasteiger partial charge in [-0.3, -0.25) is 9.58 Å². The minimum absolute atomic E-state index is 0.419. The van der Waals surface area contributed by atoms with Gasteiger partial charge < -0.3 is 4.98 Å². The average molecular weight is 287 g/mol. The van der Waals surface area contributed by atoms with Crippen molar-refractivity contribution in [2.24, 2.45) is 0 Å². The Morgan fingerprint density at radius 3 is 2.76 bits per heavy atom. The van der Waals surface area contributed by atoms with Crippen LogP contribution in [0.1, 0.15) is 54.3 Å². The minimum Gasteiger partial charge on any atom is -0.345 e. The Morgan fingerprint density at radius 1 is 1.33 bits per heavy atom. The van der Waals surface area contributed by atoms with Gasteiger partial charge in [-0.1, -0.05) is 0 Å². The molecule has 1 aliphatic heterocycles. The van der Waals surface area contributed by atoms with Gasteiger partial charge in [-0.2, -0.15) is 5.10 Å². The third-order valence-corrected chi connectivity index (χ3v) is 4.59. The van der Waals surface area contributed by atoms with Crippen LogP contribution in [-0.2, 0) is 13.1 Å². The summed E-state index contributed by atoms with van der Waals surface area (Å²) in [6.07, 6.45) is 4.36. The lowest BCUT2D eigenvalue weighted by atomic mass is 10.1. The van der Waals surface area contributed by atoms with Gasteiger partial charge in [0.1, 0.15) is 5.82 Å². The van der Waals surface area contributed by atoms with Gasteiger partial charge in [0.15, 0.2) is 0 Å². The normalized spacial score (nSPS) is 19.5. The van der Waals surface area contributed by atoms with E-state index in [1.165, 1.54) is 24.1 Å². The summed E-state index contributed by atoms with van der Waals surface area (Å²) in [6.45, 7) is 11.6. The second kappa shape index (κ2) is 5.64. The maximum absolute atomic E-state index is 4.64. The van der Waals surface area contributed by atoms with Crippen molar-refractivity contribution in [2.75, 3.05) is 6.54 Å². The number of hydrogen-bond donors (Lipinski definition) is 1. The highest BCUT2D eigenvalue weighted by molar-refractivity contribution is 5.25. The fourth-order valence-corrected chi connectivity index (χ4v) is 3.40. The number of aryl methyl sites for hydroxylation is 3. The summed E-state index contributed by atoms with van der Waals surface area (Å²) in [6, 6.07) is 0.419. The molecule has 1 fully saturated rings. The SMILES string of the molecule is CCn1nc(C)c(CN2CCCC2c2ncc(C)[nH]2)c1C. The van der Waals surface area contributed by atoms with Crippen LogP contribution in [0, 0.1) is 20.8 Å². The standard InChI is InChI=1S/C16H25N5/c1-5-21-13(4)14(12(3)19-21)10-20-8-6-7-15(20)16-17-9-11(2)18-16/h9,15H,5-8,10H2,1-4H3,(H,17,18). The van der Waals surface area contributed by atoms with Crippen molar-refractivity contribution >= 4 is 0 Å². The second-order valence-electron chi connectivity index (χ2n) is 6.05. The van der Waals surface area contributed by atoms with E-state index in [9.17, 15) is 0 Å². The number of rotatable bonds is 4. The second-order valence-corrected chi connectivity index (χ2v) is 6.05. The maximum Gasteiger partial charge on any atom is 0.123 e. The van der Waals surface area contributed by atoms with E-state index in [1.54, 1.807) is 0 Å². The molecule has 2 aromatic rings. The summed E-state index contributed by atoms with van der Waals surface area (Å²) >= 11 is 0. The number of aromatic nitrogens is 4. The lowest BCUT2D eigenvalue weighted by molar-refractivity contribution is 0.239. The number of likely N-dealkylation sites (tertiary alicyclic amines) is 1. The summed E-state index contributed by atoms with van der Waals surface area (Å²) in [7, 11) is 0. The van der Waals surface area contributed by atoms with E-state index in [1.807, 2.05) is 6.20 Å². The molecule has 2 aromatic heterocycles. The summed E-state index contributed by atoms with van der Waals surface area (Å²) in [4.78, 5) is 10.5. The topological polar surface area (TPSA) is 49.7 Å². The highest BCUT2D eigenvalue weighted by atomic mass is 15.3. The Hall–Kier alpha value is -1.62. The molecule has 0 bridgehead atoms. The molecule has 21 heavy (non-hydrogen) atoms. The quantitative estimate of drug-likeness (QED) is 0.940. The molecule has 1 aliphatic rings. The van der Waals surface area contributed by atoms with Crippen molar-refractivity contribution < 1.29 is 0 Å². The van der Waals surface area contributed by atoms with E-state index in [0.29, 0.717) is 6.04 Å². The first-order valence-corrected chi connectivity index (χ1v) is 7.88. The number of nitrogens with zero attached hydrogens (tertiary/aromatic N) is 4. The molecule has 1 unspecified atom stereocenters. The Morgan fingerprint density at radius 2 is 2.14 bits per heavy atom. The highest BCUT2D eigenvalue weighted by Crippen LogP contribution is 2.32. The number of aromatic amines is 1. The molecule has 0 aliphatic carbocycles. The molecular formula is C16H25N5. The van der Waals surface area contributed by atoms with Crippen LogP contribution in [0.2, 0.25) is 0 Å². The number of nitrogens with one attached hydrogen (secondary N) is 1. The van der Waals surface area contributed by atoms with Crippen molar-refractivity contribution in [2.45, 2.75) is 59.7 Å². The molecule has 3 heterocycles. The lowest BCUT2D eigenvalue weighted by Gasteiger charge is -2.23. The number of imidazole rings is 1. The first-order valence-electron chi connectivity index (χ1n) is 7.88. The predicted octanol–water partition coefficient (Wildman–Crippen LogP) is 2.89. The molecule has 5 heteroatoms. The molecule has 114 valence electrons. The van der Waals surface area contributed by atoms with Crippen LogP contribution in [0.5, 0.6) is 0 Å². The number of H-pyrrole nitrogens is 1. The molecule has 0 saturated carbocycles. The molecule has 1 N–H and O–H groups in total. The van der Waals surface area contributed by atoms with Gasteiger partial charge in [0.05, 0.1) is 11.7 Å². The molecule has 0 amide bonds. The molecule has 1 saturated heterocycles. The summed E-state index contributed by atoms with van der Waals surface area (Å²) in [5, 5.41) is 4.64. The van der Waals surface area contributed by atoms with Crippen LogP contribution in [0.25, 0.3) is 0 Å². The van der Waals surface area contributed by atoms with Crippen LogP contribution < -0.4 is 0 Å². The average Bonchev–Trinajstić information content (AvgIpc) is 3.14. The first-order chi connectivity index (χ1) is 10.1. The van der Waals surface area contributed by atoms with Crippen molar-refractivity contribution in [1.29, 1.82) is 0 Å². The van der Waals surface area contributed by atoms with E-state index >= 15 is 0 Å². The largest absolute Gasteiger partial charge is 0.345 e. The molecule has 0 radical (unpaired) electrons. The molecule has 1 atom stereocenters. The van der Waals surface area contributed by atoms with Crippen LogP contribution >= 0.6 is 0 Å². The van der Waals surface area contributed by atoms with Gasteiger partial charge >= 0.3 is 0 Å². The smallest absolute Gasteiger partial charge is 0.123 e. The zero-order valence-corrected chi connectivity index (χ0v) is 13.5. The Balaban J connectivity index is 1.82. The van der Waals surface area contributed by atoms with E-state index < -0.39 is 0 Å². The van der Waals surface area contributed by atoms with E-state index in [-0.39, 0.29) is 0 Å². The third-order valence-electron chi connectivity index (χ3n) is 4.59. The monoisotopic (exact) mass is 287 g/mol. The van der Waals surface area contributed by atoms with Gasteiger partial charge in [0, 0.05) is 36.2 Å². The van der Waals surface area contributed by atoms with Crippen LogP contribution in [0.4, 0.5) is 0 Å². The summed E-state index contributed by atoms with van der Waals surface area (Å²) in [5.74, 6) is 1.11. The van der Waals surface area contributed by atoms with Gasteiger partial charge in [0.25, 0.3) is 0 Å². The third kappa shape index (κ3) is 2.62. The highest BCUT2D eigenvalue weighted by Gasteiger charge is 2.29.